The monoisotopic (exact) mass is 350 g/mol. The topological polar surface area (TPSA) is 67.6 Å². The average molecular weight is 351 g/mol. The van der Waals surface area contributed by atoms with E-state index >= 15 is 0 Å². The Kier molecular flexibility index (Phi) is 8.72. The molecule has 0 unspecified atom stereocenters. The molecule has 1 N–H and O–H groups in total. The van der Waals surface area contributed by atoms with Gasteiger partial charge >= 0.3 is 0 Å². The molecule has 7 nitrogen and oxygen atoms in total. The minimum Gasteiger partial charge on any atom is -0.378 e. The van der Waals surface area contributed by atoms with Gasteiger partial charge in [0, 0.05) is 34.3 Å². The molecular formula is C18H34N6O. The van der Waals surface area contributed by atoms with Gasteiger partial charge in [-0.1, -0.05) is 19.3 Å². The molecule has 1 fully saturated rings. The molecule has 1 aliphatic carbocycles. The highest BCUT2D eigenvalue weighted by Crippen LogP contribution is 2.20. The maximum Gasteiger partial charge on any atom is 0.193 e. The van der Waals surface area contributed by atoms with Crippen molar-refractivity contribution >= 4 is 5.96 Å². The van der Waals surface area contributed by atoms with Crippen LogP contribution >= 0.6 is 0 Å². The summed E-state index contributed by atoms with van der Waals surface area (Å²) in [6.07, 6.45) is 12.2. The molecule has 0 amide bonds. The largest absolute Gasteiger partial charge is 0.378 e. The molecule has 25 heavy (non-hydrogen) atoms. The Morgan fingerprint density at radius 1 is 1.32 bits per heavy atom. The van der Waals surface area contributed by atoms with Crippen LogP contribution in [0.5, 0.6) is 0 Å². The number of nitrogens with zero attached hydrogens (tertiary/aromatic N) is 5. The molecule has 1 saturated carbocycles. The summed E-state index contributed by atoms with van der Waals surface area (Å²) in [5.41, 5.74) is 0. The zero-order chi connectivity index (χ0) is 17.9. The Labute approximate surface area is 151 Å². The minimum absolute atomic E-state index is 0.528. The van der Waals surface area contributed by atoms with Gasteiger partial charge in [0.25, 0.3) is 0 Å². The van der Waals surface area contributed by atoms with E-state index in [0.29, 0.717) is 12.6 Å². The Hall–Kier alpha value is -1.63. The van der Waals surface area contributed by atoms with Gasteiger partial charge < -0.3 is 15.0 Å². The van der Waals surface area contributed by atoms with E-state index in [1.54, 1.807) is 11.0 Å². The summed E-state index contributed by atoms with van der Waals surface area (Å²) < 4.78 is 7.76. The summed E-state index contributed by atoms with van der Waals surface area (Å²) in [5, 5.41) is 7.52. The maximum atomic E-state index is 5.97. The number of ether oxygens (including phenoxy) is 1. The van der Waals surface area contributed by atoms with Crippen LogP contribution in [0.15, 0.2) is 11.3 Å². The van der Waals surface area contributed by atoms with Crippen molar-refractivity contribution in [2.24, 2.45) is 12.0 Å². The van der Waals surface area contributed by atoms with E-state index in [9.17, 15) is 0 Å². The second-order valence-electron chi connectivity index (χ2n) is 6.82. The van der Waals surface area contributed by atoms with Gasteiger partial charge in [0.1, 0.15) is 12.2 Å². The van der Waals surface area contributed by atoms with Crippen LogP contribution in [0.4, 0.5) is 0 Å². The second-order valence-corrected chi connectivity index (χ2v) is 6.82. The first-order chi connectivity index (χ1) is 12.2. The number of aromatic nitrogens is 3. The van der Waals surface area contributed by atoms with Crippen molar-refractivity contribution in [3.63, 3.8) is 0 Å². The van der Waals surface area contributed by atoms with Gasteiger partial charge in [-0.05, 0) is 32.1 Å². The Balaban J connectivity index is 1.54. The molecule has 0 aromatic carbocycles. The van der Waals surface area contributed by atoms with Crippen LogP contribution in [0.25, 0.3) is 0 Å². The predicted octanol–water partition coefficient (Wildman–Crippen LogP) is 2.34. The third-order valence-corrected chi connectivity index (χ3v) is 4.77. The van der Waals surface area contributed by atoms with Gasteiger partial charge in [0.15, 0.2) is 5.96 Å². The molecule has 0 spiro atoms. The minimum atomic E-state index is 0.528. The van der Waals surface area contributed by atoms with Crippen LogP contribution in [0, 0.1) is 0 Å². The van der Waals surface area contributed by atoms with Crippen molar-refractivity contribution in [2.45, 2.75) is 64.0 Å². The van der Waals surface area contributed by atoms with E-state index in [0.717, 1.165) is 37.8 Å². The molecule has 0 saturated heterocycles. The lowest BCUT2D eigenvalue weighted by Gasteiger charge is -2.22. The average Bonchev–Trinajstić information content (AvgIpc) is 3.03. The van der Waals surface area contributed by atoms with E-state index in [-0.39, 0.29) is 0 Å². The van der Waals surface area contributed by atoms with Crippen LogP contribution in [0.2, 0.25) is 0 Å². The summed E-state index contributed by atoms with van der Waals surface area (Å²) in [6.45, 7) is 2.52. The molecule has 7 heteroatoms. The first kappa shape index (κ1) is 19.7. The van der Waals surface area contributed by atoms with Gasteiger partial charge in [-0.3, -0.25) is 9.67 Å². The zero-order valence-electron chi connectivity index (χ0n) is 16.1. The molecule has 0 atom stereocenters. The number of rotatable bonds is 9. The van der Waals surface area contributed by atoms with Crippen molar-refractivity contribution in [2.75, 3.05) is 27.2 Å². The maximum absolute atomic E-state index is 5.97. The number of nitrogens with one attached hydrogen (secondary N) is 1. The number of unbranched alkanes of at least 4 members (excludes halogenated alkanes) is 2. The molecular weight excluding hydrogens is 316 g/mol. The van der Waals surface area contributed by atoms with Crippen molar-refractivity contribution < 1.29 is 4.74 Å². The molecule has 1 aromatic heterocycles. The van der Waals surface area contributed by atoms with Gasteiger partial charge in [-0.25, -0.2) is 4.98 Å². The Morgan fingerprint density at radius 2 is 2.12 bits per heavy atom. The molecule has 2 rings (SSSR count). The molecule has 0 bridgehead atoms. The molecule has 0 aliphatic heterocycles. The highest BCUT2D eigenvalue weighted by atomic mass is 16.5. The van der Waals surface area contributed by atoms with Crippen molar-refractivity contribution in [3.8, 4) is 0 Å². The fraction of sp³-hybridized carbons (Fsp3) is 0.833. The van der Waals surface area contributed by atoms with Gasteiger partial charge in [0.2, 0.25) is 0 Å². The fourth-order valence-corrected chi connectivity index (χ4v) is 3.22. The highest BCUT2D eigenvalue weighted by Gasteiger charge is 2.13. The normalized spacial score (nSPS) is 16.2. The Morgan fingerprint density at radius 3 is 2.80 bits per heavy atom. The lowest BCUT2D eigenvalue weighted by atomic mass is 9.98. The lowest BCUT2D eigenvalue weighted by molar-refractivity contribution is 0.0264. The van der Waals surface area contributed by atoms with Crippen molar-refractivity contribution in [1.82, 2.24) is 25.0 Å². The zero-order valence-corrected chi connectivity index (χ0v) is 16.1. The van der Waals surface area contributed by atoms with Crippen LogP contribution in [-0.2, 0) is 18.3 Å². The smallest absolute Gasteiger partial charge is 0.193 e. The highest BCUT2D eigenvalue weighted by molar-refractivity contribution is 5.79. The number of aryl methyl sites for hydroxylation is 1. The van der Waals surface area contributed by atoms with Crippen LogP contribution in [0.3, 0.4) is 0 Å². The summed E-state index contributed by atoms with van der Waals surface area (Å²) in [6, 6.07) is 0. The first-order valence-electron chi connectivity index (χ1n) is 9.57. The Bertz CT molecular complexity index is 509. The van der Waals surface area contributed by atoms with Gasteiger partial charge in [-0.2, -0.15) is 5.10 Å². The molecule has 1 heterocycles. The van der Waals surface area contributed by atoms with Gasteiger partial charge in [-0.15, -0.1) is 0 Å². The predicted molar refractivity (Wildman–Crippen MR) is 101 cm³/mol. The quantitative estimate of drug-likeness (QED) is 0.421. The van der Waals surface area contributed by atoms with E-state index < -0.39 is 0 Å². The second kappa shape index (κ2) is 11.1. The van der Waals surface area contributed by atoms with E-state index in [1.165, 1.54) is 38.5 Å². The third-order valence-electron chi connectivity index (χ3n) is 4.77. The number of hydrogen-bond donors (Lipinski definition) is 1. The lowest BCUT2D eigenvalue weighted by Crippen LogP contribution is -2.39. The van der Waals surface area contributed by atoms with Crippen LogP contribution < -0.4 is 5.32 Å². The van der Waals surface area contributed by atoms with E-state index in [2.05, 4.69) is 25.3 Å². The molecule has 0 radical (unpaired) electrons. The summed E-state index contributed by atoms with van der Waals surface area (Å²) >= 11 is 0. The van der Waals surface area contributed by atoms with Gasteiger partial charge in [0.05, 0.1) is 12.6 Å². The van der Waals surface area contributed by atoms with Crippen LogP contribution in [0.1, 0.15) is 57.2 Å². The summed E-state index contributed by atoms with van der Waals surface area (Å²) in [5.74, 6) is 1.81. The standard InChI is InChI=1S/C18H34N6O/c1-19-18(23(2)14-17-21-15-22-24(17)3)20-12-8-5-9-13-25-16-10-6-4-7-11-16/h15-16H,4-14H2,1-3H3,(H,19,20). The summed E-state index contributed by atoms with van der Waals surface area (Å²) in [7, 11) is 5.73. The summed E-state index contributed by atoms with van der Waals surface area (Å²) in [4.78, 5) is 10.7. The molecule has 142 valence electrons. The van der Waals surface area contributed by atoms with E-state index in [4.69, 9.17) is 4.74 Å². The SMILES string of the molecule is CN=C(NCCCCCOC1CCCCC1)N(C)Cc1ncnn1C. The fourth-order valence-electron chi connectivity index (χ4n) is 3.22. The number of aliphatic imine (C=N–C) groups is 1. The van der Waals surface area contributed by atoms with Crippen molar-refractivity contribution in [1.29, 1.82) is 0 Å². The first-order valence-corrected chi connectivity index (χ1v) is 9.57. The number of guanidine groups is 1. The molecule has 1 aromatic rings. The van der Waals surface area contributed by atoms with Crippen molar-refractivity contribution in [3.05, 3.63) is 12.2 Å². The number of hydrogen-bond acceptors (Lipinski definition) is 4. The third kappa shape index (κ3) is 7.02. The van der Waals surface area contributed by atoms with E-state index in [1.807, 2.05) is 21.1 Å². The molecule has 1 aliphatic rings. The van der Waals surface area contributed by atoms with Crippen LogP contribution in [-0.4, -0.2) is 59.0 Å².